The van der Waals surface area contributed by atoms with Crippen LogP contribution in [-0.2, 0) is 20.7 Å². The lowest BCUT2D eigenvalue weighted by atomic mass is 10.1. The minimum absolute atomic E-state index is 0.111. The largest absolute Gasteiger partial charge is 0.452 e. The third kappa shape index (κ3) is 5.25. The molecule has 0 saturated carbocycles. The maximum Gasteiger partial charge on any atom is 0.311 e. The fourth-order valence-corrected chi connectivity index (χ4v) is 2.45. The SMILES string of the molecule is Cc1ccc(CC(=O)O[C@H](C)C(=O)Nc2ccc(Cl)cc2Cl)cc1. The molecule has 0 bridgehead atoms. The Kier molecular flexibility index (Phi) is 6.23. The summed E-state index contributed by atoms with van der Waals surface area (Å²) in [4.78, 5) is 24.0. The topological polar surface area (TPSA) is 55.4 Å². The number of nitrogens with one attached hydrogen (secondary N) is 1. The zero-order valence-corrected chi connectivity index (χ0v) is 14.8. The van der Waals surface area contributed by atoms with E-state index in [1.54, 1.807) is 12.1 Å². The van der Waals surface area contributed by atoms with Crippen LogP contribution in [-0.4, -0.2) is 18.0 Å². The first kappa shape index (κ1) is 18.3. The van der Waals surface area contributed by atoms with Gasteiger partial charge in [0.25, 0.3) is 5.91 Å². The number of hydrogen-bond acceptors (Lipinski definition) is 3. The monoisotopic (exact) mass is 365 g/mol. The van der Waals surface area contributed by atoms with Crippen LogP contribution in [0.15, 0.2) is 42.5 Å². The molecule has 1 N–H and O–H groups in total. The van der Waals surface area contributed by atoms with Crippen molar-refractivity contribution in [2.75, 3.05) is 5.32 Å². The van der Waals surface area contributed by atoms with Crippen LogP contribution in [0.2, 0.25) is 10.0 Å². The zero-order valence-electron chi connectivity index (χ0n) is 13.3. The van der Waals surface area contributed by atoms with Crippen molar-refractivity contribution in [1.82, 2.24) is 0 Å². The summed E-state index contributed by atoms with van der Waals surface area (Å²) in [6, 6.07) is 12.3. The summed E-state index contributed by atoms with van der Waals surface area (Å²) in [6.07, 6.45) is -0.825. The van der Waals surface area contributed by atoms with E-state index in [2.05, 4.69) is 5.32 Å². The Balaban J connectivity index is 1.90. The third-order valence-electron chi connectivity index (χ3n) is 3.34. The average Bonchev–Trinajstić information content (AvgIpc) is 2.52. The van der Waals surface area contributed by atoms with Crippen molar-refractivity contribution in [3.05, 3.63) is 63.6 Å². The molecular formula is C18H17Cl2NO3. The highest BCUT2D eigenvalue weighted by molar-refractivity contribution is 6.36. The van der Waals surface area contributed by atoms with Crippen molar-refractivity contribution >= 4 is 40.8 Å². The van der Waals surface area contributed by atoms with Gasteiger partial charge in [0, 0.05) is 5.02 Å². The van der Waals surface area contributed by atoms with Gasteiger partial charge < -0.3 is 10.1 Å². The molecular weight excluding hydrogens is 349 g/mol. The standard InChI is InChI=1S/C18H17Cl2NO3/c1-11-3-5-13(6-4-11)9-17(22)24-12(2)18(23)21-16-8-7-14(19)10-15(16)20/h3-8,10,12H,9H2,1-2H3,(H,21,23)/t12-/m1/s1. The number of aryl methyl sites for hydroxylation is 1. The van der Waals surface area contributed by atoms with Crippen molar-refractivity contribution in [2.24, 2.45) is 0 Å². The second-order valence-corrected chi connectivity index (χ2v) is 6.25. The Hall–Kier alpha value is -2.04. The Morgan fingerprint density at radius 2 is 1.79 bits per heavy atom. The van der Waals surface area contributed by atoms with Crippen LogP contribution < -0.4 is 5.32 Å². The van der Waals surface area contributed by atoms with Gasteiger partial charge in [-0.05, 0) is 37.6 Å². The summed E-state index contributed by atoms with van der Waals surface area (Å²) in [6.45, 7) is 3.47. The highest BCUT2D eigenvalue weighted by Gasteiger charge is 2.19. The molecule has 0 fully saturated rings. The van der Waals surface area contributed by atoms with E-state index in [0.29, 0.717) is 15.7 Å². The second kappa shape index (κ2) is 8.18. The number of benzene rings is 2. The van der Waals surface area contributed by atoms with E-state index in [0.717, 1.165) is 11.1 Å². The van der Waals surface area contributed by atoms with Gasteiger partial charge in [0.05, 0.1) is 17.1 Å². The predicted octanol–water partition coefficient (Wildman–Crippen LogP) is 4.41. The summed E-state index contributed by atoms with van der Waals surface area (Å²) >= 11 is 11.8. The maximum atomic E-state index is 12.1. The molecule has 0 radical (unpaired) electrons. The first-order valence-corrected chi connectivity index (χ1v) is 8.11. The molecule has 0 unspecified atom stereocenters. The lowest BCUT2D eigenvalue weighted by Crippen LogP contribution is -2.30. The molecule has 2 rings (SSSR count). The third-order valence-corrected chi connectivity index (χ3v) is 3.88. The van der Waals surface area contributed by atoms with Gasteiger partial charge in [-0.3, -0.25) is 9.59 Å². The summed E-state index contributed by atoms with van der Waals surface area (Å²) in [5.74, 6) is -0.930. The molecule has 0 saturated heterocycles. The van der Waals surface area contributed by atoms with Crippen molar-refractivity contribution in [2.45, 2.75) is 26.4 Å². The molecule has 0 aliphatic heterocycles. The number of rotatable bonds is 5. The predicted molar refractivity (Wildman–Crippen MR) is 95.5 cm³/mol. The number of esters is 1. The Labute approximate surface area is 150 Å². The van der Waals surface area contributed by atoms with Gasteiger partial charge in [0.15, 0.2) is 6.10 Å². The number of carbonyl (C=O) groups excluding carboxylic acids is 2. The molecule has 1 amide bonds. The van der Waals surface area contributed by atoms with E-state index in [4.69, 9.17) is 27.9 Å². The first-order chi connectivity index (χ1) is 11.3. The van der Waals surface area contributed by atoms with E-state index < -0.39 is 18.0 Å². The van der Waals surface area contributed by atoms with Crippen molar-refractivity contribution in [3.8, 4) is 0 Å². The molecule has 0 aromatic heterocycles. The van der Waals surface area contributed by atoms with Crippen LogP contribution in [0.3, 0.4) is 0 Å². The van der Waals surface area contributed by atoms with Crippen LogP contribution in [0, 0.1) is 6.92 Å². The zero-order chi connectivity index (χ0) is 17.7. The summed E-state index contributed by atoms with van der Waals surface area (Å²) in [5, 5.41) is 3.39. The molecule has 0 aliphatic carbocycles. The Morgan fingerprint density at radius 1 is 1.12 bits per heavy atom. The maximum absolute atomic E-state index is 12.1. The molecule has 2 aromatic rings. The van der Waals surface area contributed by atoms with Gasteiger partial charge in [0.2, 0.25) is 0 Å². The average molecular weight is 366 g/mol. The lowest BCUT2D eigenvalue weighted by Gasteiger charge is -2.14. The van der Waals surface area contributed by atoms with E-state index >= 15 is 0 Å². The van der Waals surface area contributed by atoms with Gasteiger partial charge in [-0.2, -0.15) is 0 Å². The molecule has 0 heterocycles. The number of halogens is 2. The van der Waals surface area contributed by atoms with Crippen molar-refractivity contribution in [1.29, 1.82) is 0 Å². The summed E-state index contributed by atoms with van der Waals surface area (Å²) < 4.78 is 5.16. The number of ether oxygens (including phenoxy) is 1. The summed E-state index contributed by atoms with van der Waals surface area (Å²) in [5.41, 5.74) is 2.35. The van der Waals surface area contributed by atoms with Crippen LogP contribution in [0.1, 0.15) is 18.1 Å². The van der Waals surface area contributed by atoms with E-state index in [1.165, 1.54) is 13.0 Å². The molecule has 4 nitrogen and oxygen atoms in total. The van der Waals surface area contributed by atoms with Crippen LogP contribution >= 0.6 is 23.2 Å². The van der Waals surface area contributed by atoms with Crippen LogP contribution in [0.25, 0.3) is 0 Å². The van der Waals surface area contributed by atoms with E-state index in [9.17, 15) is 9.59 Å². The fraction of sp³-hybridized carbons (Fsp3) is 0.222. The Morgan fingerprint density at radius 3 is 2.42 bits per heavy atom. The van der Waals surface area contributed by atoms with Gasteiger partial charge in [-0.25, -0.2) is 0 Å². The number of anilines is 1. The molecule has 2 aromatic carbocycles. The quantitative estimate of drug-likeness (QED) is 0.798. The van der Waals surface area contributed by atoms with Gasteiger partial charge in [-0.15, -0.1) is 0 Å². The van der Waals surface area contributed by atoms with Gasteiger partial charge in [-0.1, -0.05) is 53.0 Å². The minimum Gasteiger partial charge on any atom is -0.452 e. The number of carbonyl (C=O) groups is 2. The lowest BCUT2D eigenvalue weighted by molar-refractivity contribution is -0.152. The second-order valence-electron chi connectivity index (χ2n) is 5.41. The fourth-order valence-electron chi connectivity index (χ4n) is 1.99. The summed E-state index contributed by atoms with van der Waals surface area (Å²) in [7, 11) is 0. The smallest absolute Gasteiger partial charge is 0.311 e. The highest BCUT2D eigenvalue weighted by atomic mass is 35.5. The highest BCUT2D eigenvalue weighted by Crippen LogP contribution is 2.25. The molecule has 126 valence electrons. The molecule has 0 aliphatic rings. The Bertz CT molecular complexity index is 744. The van der Waals surface area contributed by atoms with Crippen LogP contribution in [0.5, 0.6) is 0 Å². The van der Waals surface area contributed by atoms with Crippen LogP contribution in [0.4, 0.5) is 5.69 Å². The van der Waals surface area contributed by atoms with E-state index in [1.807, 2.05) is 31.2 Å². The normalized spacial score (nSPS) is 11.7. The molecule has 1 atom stereocenters. The number of hydrogen-bond donors (Lipinski definition) is 1. The number of amides is 1. The van der Waals surface area contributed by atoms with Gasteiger partial charge in [0.1, 0.15) is 0 Å². The molecule has 24 heavy (non-hydrogen) atoms. The minimum atomic E-state index is -0.935. The molecule has 0 spiro atoms. The van der Waals surface area contributed by atoms with E-state index in [-0.39, 0.29) is 6.42 Å². The van der Waals surface area contributed by atoms with Crippen molar-refractivity contribution < 1.29 is 14.3 Å². The molecule has 6 heteroatoms. The van der Waals surface area contributed by atoms with Crippen molar-refractivity contribution in [3.63, 3.8) is 0 Å². The first-order valence-electron chi connectivity index (χ1n) is 7.36. The van der Waals surface area contributed by atoms with Gasteiger partial charge >= 0.3 is 5.97 Å².